The van der Waals surface area contributed by atoms with Crippen molar-refractivity contribution in [3.05, 3.63) is 30.1 Å². The molecule has 1 aromatic carbocycles. The van der Waals surface area contributed by atoms with E-state index in [1.54, 1.807) is 18.2 Å². The molecule has 98 valence electrons. The first-order valence-corrected chi connectivity index (χ1v) is 6.36. The van der Waals surface area contributed by atoms with Crippen LogP contribution in [0.25, 0.3) is 0 Å². The van der Waals surface area contributed by atoms with Crippen molar-refractivity contribution in [2.45, 2.75) is 38.1 Å². The van der Waals surface area contributed by atoms with Gasteiger partial charge in [0.2, 0.25) is 5.91 Å². The van der Waals surface area contributed by atoms with Crippen molar-refractivity contribution in [3.8, 4) is 0 Å². The second-order valence-electron chi connectivity index (χ2n) is 5.29. The Balaban J connectivity index is 2.10. The molecule has 1 amide bonds. The maximum Gasteiger partial charge on any atom is 0.244 e. The second-order valence-corrected chi connectivity index (χ2v) is 5.29. The van der Waals surface area contributed by atoms with E-state index in [1.807, 2.05) is 0 Å². The minimum atomic E-state index is -0.861. The first kappa shape index (κ1) is 13.0. The van der Waals surface area contributed by atoms with E-state index in [0.717, 1.165) is 12.8 Å². The van der Waals surface area contributed by atoms with Crippen LogP contribution in [0, 0.1) is 11.7 Å². The van der Waals surface area contributed by atoms with Crippen molar-refractivity contribution >= 4 is 11.6 Å². The third-order valence-electron chi connectivity index (χ3n) is 3.61. The van der Waals surface area contributed by atoms with Crippen LogP contribution in [0.5, 0.6) is 0 Å². The molecule has 2 atom stereocenters. The molecule has 1 aromatic rings. The summed E-state index contributed by atoms with van der Waals surface area (Å²) in [5, 5.41) is 2.60. The van der Waals surface area contributed by atoms with Crippen LogP contribution in [0.2, 0.25) is 0 Å². The number of carbonyl (C=O) groups is 1. The Morgan fingerprint density at radius 2 is 2.22 bits per heavy atom. The number of hydrogen-bond donors (Lipinski definition) is 2. The minimum absolute atomic E-state index is 0.200. The lowest BCUT2D eigenvalue weighted by molar-refractivity contribution is -0.122. The summed E-state index contributed by atoms with van der Waals surface area (Å²) in [5.41, 5.74) is 5.49. The van der Waals surface area contributed by atoms with Gasteiger partial charge < -0.3 is 11.1 Å². The summed E-state index contributed by atoms with van der Waals surface area (Å²) in [5.74, 6) is -0.271. The number of para-hydroxylation sites is 1. The Morgan fingerprint density at radius 3 is 2.89 bits per heavy atom. The first-order valence-electron chi connectivity index (χ1n) is 6.36. The number of amides is 1. The highest BCUT2D eigenvalue weighted by molar-refractivity contribution is 5.98. The number of anilines is 1. The van der Waals surface area contributed by atoms with Crippen LogP contribution in [0.4, 0.5) is 10.1 Å². The number of nitrogens with two attached hydrogens (primary N) is 1. The van der Waals surface area contributed by atoms with Crippen LogP contribution >= 0.6 is 0 Å². The van der Waals surface area contributed by atoms with Crippen LogP contribution < -0.4 is 11.1 Å². The molecule has 1 fully saturated rings. The Labute approximate surface area is 107 Å². The maximum absolute atomic E-state index is 13.5. The largest absolute Gasteiger partial charge is 0.322 e. The van der Waals surface area contributed by atoms with E-state index in [9.17, 15) is 9.18 Å². The number of hydrogen-bond acceptors (Lipinski definition) is 2. The normalized spacial score (nSPS) is 27.8. The lowest BCUT2D eigenvalue weighted by Crippen LogP contribution is -2.53. The smallest absolute Gasteiger partial charge is 0.244 e. The quantitative estimate of drug-likeness (QED) is 0.847. The molecule has 0 heterocycles. The standard InChI is InChI=1S/C14H19FN2O/c1-10-5-4-8-14(16,9-10)13(18)17-12-7-3-2-6-11(12)15/h2-3,6-7,10H,4-5,8-9,16H2,1H3,(H,17,18). The fraction of sp³-hybridized carbons (Fsp3) is 0.500. The molecule has 0 aromatic heterocycles. The predicted molar refractivity (Wildman–Crippen MR) is 69.6 cm³/mol. The molecule has 0 saturated heterocycles. The molecule has 2 rings (SSSR count). The lowest BCUT2D eigenvalue weighted by Gasteiger charge is -2.35. The zero-order valence-electron chi connectivity index (χ0n) is 10.6. The third kappa shape index (κ3) is 2.70. The Bertz CT molecular complexity index is 449. The van der Waals surface area contributed by atoms with E-state index in [1.165, 1.54) is 6.07 Å². The fourth-order valence-corrected chi connectivity index (χ4v) is 2.61. The Morgan fingerprint density at radius 1 is 1.50 bits per heavy atom. The van der Waals surface area contributed by atoms with Gasteiger partial charge in [-0.2, -0.15) is 0 Å². The van der Waals surface area contributed by atoms with Crippen molar-refractivity contribution in [2.24, 2.45) is 11.7 Å². The molecule has 3 N–H and O–H groups in total. The topological polar surface area (TPSA) is 55.1 Å². The highest BCUT2D eigenvalue weighted by Gasteiger charge is 2.38. The molecule has 1 aliphatic carbocycles. The van der Waals surface area contributed by atoms with E-state index in [2.05, 4.69) is 12.2 Å². The number of benzene rings is 1. The molecular formula is C14H19FN2O. The van der Waals surface area contributed by atoms with Gasteiger partial charge in [-0.25, -0.2) is 4.39 Å². The SMILES string of the molecule is CC1CCCC(N)(C(=O)Nc2ccccc2F)C1. The zero-order chi connectivity index (χ0) is 13.2. The summed E-state index contributed by atoms with van der Waals surface area (Å²) in [4.78, 5) is 12.2. The summed E-state index contributed by atoms with van der Waals surface area (Å²) in [6.07, 6.45) is 3.37. The van der Waals surface area contributed by atoms with Gasteiger partial charge in [-0.05, 0) is 30.9 Å². The van der Waals surface area contributed by atoms with Gasteiger partial charge in [0.25, 0.3) is 0 Å². The van der Waals surface area contributed by atoms with Gasteiger partial charge in [0.15, 0.2) is 0 Å². The van der Waals surface area contributed by atoms with Crippen molar-refractivity contribution in [2.75, 3.05) is 5.32 Å². The predicted octanol–water partition coefficient (Wildman–Crippen LogP) is 2.67. The highest BCUT2D eigenvalue weighted by atomic mass is 19.1. The third-order valence-corrected chi connectivity index (χ3v) is 3.61. The van der Waals surface area contributed by atoms with Crippen molar-refractivity contribution in [1.29, 1.82) is 0 Å². The summed E-state index contributed by atoms with van der Waals surface area (Å²) < 4.78 is 13.5. The molecule has 4 heteroatoms. The number of halogens is 1. The average molecular weight is 250 g/mol. The molecule has 0 aliphatic heterocycles. The molecule has 18 heavy (non-hydrogen) atoms. The van der Waals surface area contributed by atoms with E-state index in [-0.39, 0.29) is 11.6 Å². The molecule has 0 radical (unpaired) electrons. The van der Waals surface area contributed by atoms with Gasteiger partial charge in [-0.15, -0.1) is 0 Å². The van der Waals surface area contributed by atoms with Gasteiger partial charge in [-0.1, -0.05) is 31.9 Å². The first-order chi connectivity index (χ1) is 8.51. The maximum atomic E-state index is 13.5. The number of carbonyl (C=O) groups excluding carboxylic acids is 1. The van der Waals surface area contributed by atoms with Gasteiger partial charge in [-0.3, -0.25) is 4.79 Å². The van der Waals surface area contributed by atoms with E-state index < -0.39 is 11.4 Å². The number of rotatable bonds is 2. The molecule has 1 saturated carbocycles. The van der Waals surface area contributed by atoms with Crippen molar-refractivity contribution in [1.82, 2.24) is 0 Å². The van der Waals surface area contributed by atoms with Crippen molar-refractivity contribution in [3.63, 3.8) is 0 Å². The monoisotopic (exact) mass is 250 g/mol. The second kappa shape index (κ2) is 5.06. The van der Waals surface area contributed by atoms with E-state index in [4.69, 9.17) is 5.73 Å². The minimum Gasteiger partial charge on any atom is -0.322 e. The molecule has 3 nitrogen and oxygen atoms in total. The highest BCUT2D eigenvalue weighted by Crippen LogP contribution is 2.31. The van der Waals surface area contributed by atoms with Crippen LogP contribution in [-0.4, -0.2) is 11.4 Å². The summed E-state index contributed by atoms with van der Waals surface area (Å²) in [6, 6.07) is 6.14. The van der Waals surface area contributed by atoms with Crippen LogP contribution in [0.1, 0.15) is 32.6 Å². The summed E-state index contributed by atoms with van der Waals surface area (Å²) in [7, 11) is 0. The Kier molecular flexibility index (Phi) is 3.66. The molecule has 2 unspecified atom stereocenters. The van der Waals surface area contributed by atoms with Gasteiger partial charge in [0.05, 0.1) is 11.2 Å². The lowest BCUT2D eigenvalue weighted by atomic mass is 9.76. The van der Waals surface area contributed by atoms with Crippen LogP contribution in [0.3, 0.4) is 0 Å². The molecule has 0 bridgehead atoms. The Hall–Kier alpha value is -1.42. The van der Waals surface area contributed by atoms with E-state index in [0.29, 0.717) is 18.8 Å². The van der Waals surface area contributed by atoms with Crippen LogP contribution in [-0.2, 0) is 4.79 Å². The summed E-state index contributed by atoms with van der Waals surface area (Å²) in [6.45, 7) is 2.09. The molecular weight excluding hydrogens is 231 g/mol. The average Bonchev–Trinajstić information content (AvgIpc) is 2.31. The molecule has 0 spiro atoms. The number of nitrogens with one attached hydrogen (secondary N) is 1. The zero-order valence-corrected chi connectivity index (χ0v) is 10.6. The van der Waals surface area contributed by atoms with Gasteiger partial charge in [0, 0.05) is 0 Å². The molecule has 1 aliphatic rings. The fourth-order valence-electron chi connectivity index (χ4n) is 2.61. The van der Waals surface area contributed by atoms with Gasteiger partial charge in [0.1, 0.15) is 5.82 Å². The van der Waals surface area contributed by atoms with Gasteiger partial charge >= 0.3 is 0 Å². The van der Waals surface area contributed by atoms with Crippen molar-refractivity contribution < 1.29 is 9.18 Å². The van der Waals surface area contributed by atoms with Crippen LogP contribution in [0.15, 0.2) is 24.3 Å². The summed E-state index contributed by atoms with van der Waals surface area (Å²) >= 11 is 0. The van der Waals surface area contributed by atoms with E-state index >= 15 is 0 Å².